The average Bonchev–Trinajstić information content (AvgIpc) is 2.54. The van der Waals surface area contributed by atoms with Crippen molar-refractivity contribution in [3.05, 3.63) is 0 Å². The fourth-order valence-electron chi connectivity index (χ4n) is 1.86. The van der Waals surface area contributed by atoms with Gasteiger partial charge < -0.3 is 21.7 Å². The Bertz CT molecular complexity index is 208. The maximum absolute atomic E-state index is 9.25. The highest BCUT2D eigenvalue weighted by atomic mass is 79.9. The number of aliphatic hydroxyl groups is 2. The average molecular weight is 610 g/mol. The van der Waals surface area contributed by atoms with Gasteiger partial charge in [0.25, 0.3) is 0 Å². The molecule has 0 spiro atoms. The molecule has 8 heteroatoms. The van der Waals surface area contributed by atoms with Crippen molar-refractivity contribution in [3.63, 3.8) is 0 Å². The Kier molecular flexibility index (Phi) is 34.4. The Balaban J connectivity index is -0.000000154. The van der Waals surface area contributed by atoms with E-state index in [2.05, 4.69) is 45.7 Å². The van der Waals surface area contributed by atoms with Crippen molar-refractivity contribution in [2.24, 2.45) is 11.5 Å². The quantitative estimate of drug-likeness (QED) is 0.194. The zero-order valence-corrected chi connectivity index (χ0v) is 21.6. The second kappa shape index (κ2) is 24.8. The predicted molar refractivity (Wildman–Crippen MR) is 124 cm³/mol. The normalized spacial score (nSPS) is 15.0. The molecule has 0 saturated heterocycles. The molecular weight excluding hydrogens is 572 g/mol. The third-order valence-corrected chi connectivity index (χ3v) is 5.62. The molecule has 0 aromatic carbocycles. The molecule has 0 fully saturated rings. The molecule has 0 aliphatic heterocycles. The van der Waals surface area contributed by atoms with Crippen molar-refractivity contribution < 1.29 is 10.2 Å². The van der Waals surface area contributed by atoms with Crippen LogP contribution in [-0.4, -0.2) is 45.2 Å². The van der Waals surface area contributed by atoms with E-state index in [4.69, 9.17) is 11.5 Å². The largest absolute Gasteiger partial charge is 0.391 e. The molecule has 6 N–H and O–H groups in total. The number of nitrogens with two attached hydrogens (primary N) is 2. The van der Waals surface area contributed by atoms with Crippen molar-refractivity contribution >= 4 is 65.8 Å². The standard InChI is InChI=1S/2C8H18BrNO.2BrH/c2*1-2-3-4-5-7(9)8(11)6-10;;/h2*7-8,11H,2-6,10H2,1H3;2*1H. The molecule has 0 aromatic heterocycles. The number of hydrogen-bond acceptors (Lipinski definition) is 4. The van der Waals surface area contributed by atoms with Crippen molar-refractivity contribution in [1.82, 2.24) is 0 Å². The van der Waals surface area contributed by atoms with Gasteiger partial charge in [0.1, 0.15) is 0 Å². The van der Waals surface area contributed by atoms with Crippen molar-refractivity contribution in [2.75, 3.05) is 13.1 Å². The molecule has 0 aliphatic rings. The van der Waals surface area contributed by atoms with E-state index in [0.717, 1.165) is 12.8 Å². The number of unbranched alkanes of at least 4 members (excludes halogenated alkanes) is 4. The molecule has 0 amide bonds. The van der Waals surface area contributed by atoms with E-state index >= 15 is 0 Å². The fraction of sp³-hybridized carbons (Fsp3) is 1.00. The molecule has 0 bridgehead atoms. The maximum Gasteiger partial charge on any atom is 0.0787 e. The van der Waals surface area contributed by atoms with E-state index in [0.29, 0.717) is 13.1 Å². The van der Waals surface area contributed by atoms with Gasteiger partial charge in [-0.3, -0.25) is 0 Å². The third-order valence-electron chi connectivity index (χ3n) is 3.48. The second-order valence-electron chi connectivity index (χ2n) is 5.63. The zero-order valence-electron chi connectivity index (χ0n) is 15.0. The van der Waals surface area contributed by atoms with Crippen LogP contribution in [0.15, 0.2) is 0 Å². The molecule has 0 rings (SSSR count). The second-order valence-corrected chi connectivity index (χ2v) is 7.98. The summed E-state index contributed by atoms with van der Waals surface area (Å²) in [6, 6.07) is 0. The van der Waals surface area contributed by atoms with Gasteiger partial charge in [-0.15, -0.1) is 34.0 Å². The number of aliphatic hydroxyl groups excluding tert-OH is 2. The summed E-state index contributed by atoms with van der Waals surface area (Å²) in [4.78, 5) is 0.359. The Labute approximate surface area is 186 Å². The van der Waals surface area contributed by atoms with Crippen LogP contribution in [0.2, 0.25) is 0 Å². The lowest BCUT2D eigenvalue weighted by atomic mass is 10.1. The number of halogens is 4. The van der Waals surface area contributed by atoms with Gasteiger partial charge in [-0.05, 0) is 12.8 Å². The molecule has 0 aliphatic carbocycles. The Morgan fingerprint density at radius 3 is 1.21 bits per heavy atom. The minimum Gasteiger partial charge on any atom is -0.391 e. The first-order valence-electron chi connectivity index (χ1n) is 8.48. The van der Waals surface area contributed by atoms with Gasteiger partial charge in [0.15, 0.2) is 0 Å². The van der Waals surface area contributed by atoms with Crippen LogP contribution < -0.4 is 11.5 Å². The SMILES string of the molecule is Br.Br.CCCCCC(Br)C(O)CN.CCCCCC(Br)C(O)CN. The van der Waals surface area contributed by atoms with E-state index in [1.807, 2.05) is 0 Å². The van der Waals surface area contributed by atoms with Crippen LogP contribution in [0.3, 0.4) is 0 Å². The van der Waals surface area contributed by atoms with E-state index < -0.39 is 0 Å². The predicted octanol–water partition coefficient (Wildman–Crippen LogP) is 4.46. The highest BCUT2D eigenvalue weighted by Crippen LogP contribution is 2.14. The lowest BCUT2D eigenvalue weighted by Crippen LogP contribution is -2.29. The summed E-state index contributed by atoms with van der Waals surface area (Å²) in [6.07, 6.45) is 8.53. The van der Waals surface area contributed by atoms with Gasteiger partial charge in [-0.1, -0.05) is 84.2 Å². The summed E-state index contributed by atoms with van der Waals surface area (Å²) in [5.74, 6) is 0. The first-order valence-corrected chi connectivity index (χ1v) is 10.3. The number of alkyl halides is 2. The van der Waals surface area contributed by atoms with Crippen LogP contribution in [0.1, 0.15) is 65.2 Å². The van der Waals surface area contributed by atoms with Gasteiger partial charge >= 0.3 is 0 Å². The van der Waals surface area contributed by atoms with Crippen LogP contribution >= 0.6 is 65.8 Å². The fourth-order valence-corrected chi connectivity index (χ4v) is 2.94. The highest BCUT2D eigenvalue weighted by molar-refractivity contribution is 9.09. The van der Waals surface area contributed by atoms with Crippen LogP contribution in [0, 0.1) is 0 Å². The summed E-state index contributed by atoms with van der Waals surface area (Å²) in [5.41, 5.74) is 10.6. The minimum atomic E-state index is -0.383. The molecule has 0 aromatic rings. The maximum atomic E-state index is 9.25. The van der Waals surface area contributed by atoms with Crippen LogP contribution in [0.4, 0.5) is 0 Å². The monoisotopic (exact) mass is 606 g/mol. The minimum absolute atomic E-state index is 0. The van der Waals surface area contributed by atoms with Gasteiger partial charge in [0, 0.05) is 22.7 Å². The molecule has 4 atom stereocenters. The molecule has 0 saturated carbocycles. The molecule has 0 heterocycles. The lowest BCUT2D eigenvalue weighted by Gasteiger charge is -2.14. The smallest absolute Gasteiger partial charge is 0.0787 e. The van der Waals surface area contributed by atoms with Crippen LogP contribution in [0.5, 0.6) is 0 Å². The summed E-state index contributed by atoms with van der Waals surface area (Å²) in [6.45, 7) is 5.04. The van der Waals surface area contributed by atoms with Crippen LogP contribution in [-0.2, 0) is 0 Å². The highest BCUT2D eigenvalue weighted by Gasteiger charge is 2.13. The molecule has 4 nitrogen and oxygen atoms in total. The molecular formula is C16H38Br4N2O2. The first-order chi connectivity index (χ1) is 10.4. The van der Waals surface area contributed by atoms with E-state index in [9.17, 15) is 10.2 Å². The van der Waals surface area contributed by atoms with Gasteiger partial charge in [-0.25, -0.2) is 0 Å². The van der Waals surface area contributed by atoms with Crippen LogP contribution in [0.25, 0.3) is 0 Å². The summed E-state index contributed by atoms with van der Waals surface area (Å²) in [7, 11) is 0. The van der Waals surface area contributed by atoms with Gasteiger partial charge in [-0.2, -0.15) is 0 Å². The Morgan fingerprint density at radius 1 is 0.708 bits per heavy atom. The summed E-state index contributed by atoms with van der Waals surface area (Å²) < 4.78 is 0. The molecule has 4 unspecified atom stereocenters. The van der Waals surface area contributed by atoms with E-state index in [-0.39, 0.29) is 55.8 Å². The van der Waals surface area contributed by atoms with Gasteiger partial charge in [0.2, 0.25) is 0 Å². The first kappa shape index (κ1) is 33.4. The summed E-state index contributed by atoms with van der Waals surface area (Å²) >= 11 is 6.81. The Hall–Kier alpha value is 1.76. The lowest BCUT2D eigenvalue weighted by molar-refractivity contribution is 0.177. The molecule has 152 valence electrons. The van der Waals surface area contributed by atoms with Crippen molar-refractivity contribution in [2.45, 2.75) is 87.1 Å². The number of rotatable bonds is 12. The summed E-state index contributed by atoms with van der Waals surface area (Å²) in [5, 5.41) is 18.5. The number of hydrogen-bond donors (Lipinski definition) is 4. The van der Waals surface area contributed by atoms with Crippen molar-refractivity contribution in [1.29, 1.82) is 0 Å². The third kappa shape index (κ3) is 21.8. The van der Waals surface area contributed by atoms with Gasteiger partial charge in [0.05, 0.1) is 12.2 Å². The Morgan fingerprint density at radius 2 is 1.00 bits per heavy atom. The molecule has 24 heavy (non-hydrogen) atoms. The topological polar surface area (TPSA) is 92.5 Å². The van der Waals surface area contributed by atoms with E-state index in [1.54, 1.807) is 0 Å². The zero-order chi connectivity index (χ0) is 17.4. The molecule has 0 radical (unpaired) electrons. The van der Waals surface area contributed by atoms with Crippen molar-refractivity contribution in [3.8, 4) is 0 Å². The van der Waals surface area contributed by atoms with E-state index in [1.165, 1.54) is 38.5 Å².